The molecule has 0 bridgehead atoms. The standard InChI is InChI=1S/C14H26N6O2/c1-6-14(3,4)7-9(2)18-12(21)10-11(15)20(8-17-10)13(22)19(5)16/h8-9H,6-7,15-16H2,1-5H3,(H,18,21). The third kappa shape index (κ3) is 4.20. The number of hydrogen-bond donors (Lipinski definition) is 3. The van der Waals surface area contributed by atoms with Gasteiger partial charge in [-0.2, -0.15) is 0 Å². The maximum absolute atomic E-state index is 12.2. The number of nitrogens with zero attached hydrogens (tertiary/aromatic N) is 3. The SMILES string of the molecule is CCC(C)(C)CC(C)NC(=O)c1ncn(C(=O)N(C)N)c1N. The van der Waals surface area contributed by atoms with E-state index in [2.05, 4.69) is 31.1 Å². The molecule has 124 valence electrons. The van der Waals surface area contributed by atoms with Gasteiger partial charge in [0.1, 0.15) is 12.1 Å². The molecule has 0 radical (unpaired) electrons. The van der Waals surface area contributed by atoms with Gasteiger partial charge in [0.15, 0.2) is 5.69 Å². The van der Waals surface area contributed by atoms with Crippen molar-refractivity contribution in [2.24, 2.45) is 11.3 Å². The Morgan fingerprint density at radius 3 is 2.59 bits per heavy atom. The Labute approximate surface area is 130 Å². The summed E-state index contributed by atoms with van der Waals surface area (Å²) in [6.45, 7) is 8.34. The van der Waals surface area contributed by atoms with E-state index in [1.165, 1.54) is 13.4 Å². The molecule has 1 aromatic heterocycles. The van der Waals surface area contributed by atoms with Crippen LogP contribution in [0.3, 0.4) is 0 Å². The lowest BCUT2D eigenvalue weighted by atomic mass is 9.84. The zero-order chi connectivity index (χ0) is 17.1. The maximum Gasteiger partial charge on any atom is 0.344 e. The highest BCUT2D eigenvalue weighted by Crippen LogP contribution is 2.26. The summed E-state index contributed by atoms with van der Waals surface area (Å²) in [6, 6.07) is -0.593. The number of nitrogens with two attached hydrogens (primary N) is 2. The summed E-state index contributed by atoms with van der Waals surface area (Å²) in [7, 11) is 1.39. The first-order valence-electron chi connectivity index (χ1n) is 7.25. The van der Waals surface area contributed by atoms with Crippen LogP contribution in [0.15, 0.2) is 6.33 Å². The average molecular weight is 310 g/mol. The normalized spacial score (nSPS) is 12.8. The molecule has 1 rings (SSSR count). The molecule has 0 aliphatic rings. The van der Waals surface area contributed by atoms with E-state index in [0.29, 0.717) is 0 Å². The first-order chi connectivity index (χ1) is 10.1. The zero-order valence-electron chi connectivity index (χ0n) is 13.9. The summed E-state index contributed by atoms with van der Waals surface area (Å²) in [5.74, 6) is 4.94. The molecule has 0 aliphatic carbocycles. The summed E-state index contributed by atoms with van der Waals surface area (Å²) in [5.41, 5.74) is 5.97. The Kier molecular flexibility index (Phi) is 5.54. The molecule has 5 N–H and O–H groups in total. The number of anilines is 1. The Morgan fingerprint density at radius 2 is 2.09 bits per heavy atom. The Bertz CT molecular complexity index is 550. The first kappa shape index (κ1) is 18.0. The van der Waals surface area contributed by atoms with Crippen LogP contribution in [-0.2, 0) is 0 Å². The van der Waals surface area contributed by atoms with E-state index in [9.17, 15) is 9.59 Å². The minimum Gasteiger partial charge on any atom is -0.383 e. The lowest BCUT2D eigenvalue weighted by Gasteiger charge is -2.26. The second-order valence-electron chi connectivity index (χ2n) is 6.34. The number of amides is 2. The quantitative estimate of drug-likeness (QED) is 0.428. The lowest BCUT2D eigenvalue weighted by molar-refractivity contribution is 0.0925. The molecule has 0 fully saturated rings. The molecule has 0 aromatic carbocycles. The highest BCUT2D eigenvalue weighted by molar-refractivity contribution is 5.98. The van der Waals surface area contributed by atoms with Crippen molar-refractivity contribution in [1.29, 1.82) is 0 Å². The van der Waals surface area contributed by atoms with Gasteiger partial charge in [-0.15, -0.1) is 0 Å². The van der Waals surface area contributed by atoms with Crippen LogP contribution in [0.2, 0.25) is 0 Å². The number of nitrogen functional groups attached to an aromatic ring is 1. The van der Waals surface area contributed by atoms with Gasteiger partial charge in [-0.05, 0) is 18.8 Å². The van der Waals surface area contributed by atoms with Gasteiger partial charge in [0.25, 0.3) is 5.91 Å². The van der Waals surface area contributed by atoms with Crippen molar-refractivity contribution in [3.63, 3.8) is 0 Å². The molecule has 8 heteroatoms. The topological polar surface area (TPSA) is 119 Å². The monoisotopic (exact) mass is 310 g/mol. The fraction of sp³-hybridized carbons (Fsp3) is 0.643. The van der Waals surface area contributed by atoms with E-state index < -0.39 is 11.9 Å². The van der Waals surface area contributed by atoms with Crippen LogP contribution in [0, 0.1) is 5.41 Å². The number of imidazole rings is 1. The molecule has 22 heavy (non-hydrogen) atoms. The van der Waals surface area contributed by atoms with Gasteiger partial charge in [0, 0.05) is 13.1 Å². The van der Waals surface area contributed by atoms with Crippen LogP contribution in [0.5, 0.6) is 0 Å². The number of rotatable bonds is 5. The molecule has 1 unspecified atom stereocenters. The van der Waals surface area contributed by atoms with Gasteiger partial charge in [-0.1, -0.05) is 27.2 Å². The molecule has 2 amide bonds. The molecule has 0 saturated carbocycles. The van der Waals surface area contributed by atoms with Crippen LogP contribution in [0.1, 0.15) is 51.0 Å². The Balaban J connectivity index is 2.81. The molecule has 8 nitrogen and oxygen atoms in total. The van der Waals surface area contributed by atoms with Crippen molar-refractivity contribution in [2.45, 2.75) is 46.6 Å². The minimum atomic E-state index is -0.566. The molecule has 1 atom stereocenters. The minimum absolute atomic E-state index is 0.0244. The van der Waals surface area contributed by atoms with E-state index in [0.717, 1.165) is 22.4 Å². The summed E-state index contributed by atoms with van der Waals surface area (Å²) >= 11 is 0. The van der Waals surface area contributed by atoms with Crippen molar-refractivity contribution in [2.75, 3.05) is 12.8 Å². The lowest BCUT2D eigenvalue weighted by Crippen LogP contribution is -2.38. The molecule has 1 heterocycles. The summed E-state index contributed by atoms with van der Waals surface area (Å²) in [6.07, 6.45) is 3.04. The summed E-state index contributed by atoms with van der Waals surface area (Å²) < 4.78 is 1.04. The smallest absolute Gasteiger partial charge is 0.344 e. The van der Waals surface area contributed by atoms with Crippen LogP contribution in [0.4, 0.5) is 10.6 Å². The van der Waals surface area contributed by atoms with E-state index in [1.807, 2.05) is 6.92 Å². The van der Waals surface area contributed by atoms with Crippen LogP contribution in [-0.4, -0.2) is 39.6 Å². The van der Waals surface area contributed by atoms with Crippen LogP contribution >= 0.6 is 0 Å². The summed E-state index contributed by atoms with van der Waals surface area (Å²) in [5, 5.41) is 3.73. The Hall–Kier alpha value is -2.09. The van der Waals surface area contributed by atoms with Gasteiger partial charge < -0.3 is 11.1 Å². The fourth-order valence-electron chi connectivity index (χ4n) is 2.17. The predicted molar refractivity (Wildman–Crippen MR) is 85.0 cm³/mol. The number of hydrazine groups is 1. The van der Waals surface area contributed by atoms with Crippen LogP contribution in [0.25, 0.3) is 0 Å². The largest absolute Gasteiger partial charge is 0.383 e. The van der Waals surface area contributed by atoms with Crippen molar-refractivity contribution in [1.82, 2.24) is 19.9 Å². The van der Waals surface area contributed by atoms with E-state index in [4.69, 9.17) is 11.6 Å². The third-order valence-corrected chi connectivity index (χ3v) is 3.72. The molecule has 0 aliphatic heterocycles. The average Bonchev–Trinajstić information content (AvgIpc) is 2.78. The molecule has 0 spiro atoms. The van der Waals surface area contributed by atoms with Gasteiger partial charge in [-0.25, -0.2) is 20.2 Å². The number of hydrogen-bond acceptors (Lipinski definition) is 5. The molecular weight excluding hydrogens is 284 g/mol. The summed E-state index contributed by atoms with van der Waals surface area (Å²) in [4.78, 5) is 27.9. The van der Waals surface area contributed by atoms with Crippen molar-refractivity contribution in [3.8, 4) is 0 Å². The second kappa shape index (κ2) is 6.78. The van der Waals surface area contributed by atoms with Crippen molar-refractivity contribution < 1.29 is 9.59 Å². The van der Waals surface area contributed by atoms with Gasteiger partial charge in [-0.3, -0.25) is 9.80 Å². The predicted octanol–water partition coefficient (Wildman–Crippen LogP) is 1.18. The number of aromatic nitrogens is 2. The highest BCUT2D eigenvalue weighted by atomic mass is 16.2. The number of carbonyl (C=O) groups is 2. The maximum atomic E-state index is 12.2. The molecule has 0 saturated heterocycles. The van der Waals surface area contributed by atoms with Gasteiger partial charge in [0.2, 0.25) is 0 Å². The molecule has 1 aromatic rings. The number of carbonyl (C=O) groups excluding carboxylic acids is 2. The first-order valence-corrected chi connectivity index (χ1v) is 7.25. The Morgan fingerprint density at radius 1 is 1.50 bits per heavy atom. The van der Waals surface area contributed by atoms with Gasteiger partial charge in [0.05, 0.1) is 0 Å². The third-order valence-electron chi connectivity index (χ3n) is 3.72. The van der Waals surface area contributed by atoms with E-state index >= 15 is 0 Å². The number of nitrogens with one attached hydrogen (secondary N) is 1. The van der Waals surface area contributed by atoms with E-state index in [1.54, 1.807) is 0 Å². The fourth-order valence-corrected chi connectivity index (χ4v) is 2.17. The highest BCUT2D eigenvalue weighted by Gasteiger charge is 2.24. The van der Waals surface area contributed by atoms with Gasteiger partial charge >= 0.3 is 6.03 Å². The van der Waals surface area contributed by atoms with Crippen molar-refractivity contribution in [3.05, 3.63) is 12.0 Å². The second-order valence-corrected chi connectivity index (χ2v) is 6.34. The molecular formula is C14H26N6O2. The van der Waals surface area contributed by atoms with E-state index in [-0.39, 0.29) is 23.0 Å². The van der Waals surface area contributed by atoms with Crippen molar-refractivity contribution >= 4 is 17.8 Å². The van der Waals surface area contributed by atoms with Crippen LogP contribution < -0.4 is 16.9 Å². The zero-order valence-corrected chi connectivity index (χ0v) is 13.9.